The molecule has 0 saturated carbocycles. The Balaban J connectivity index is 3.02. The van der Waals surface area contributed by atoms with Gasteiger partial charge < -0.3 is 10.2 Å². The van der Waals surface area contributed by atoms with E-state index >= 15 is 0 Å². The Kier molecular flexibility index (Phi) is 30.9. The van der Waals surface area contributed by atoms with Crippen molar-refractivity contribution in [1.82, 2.24) is 0 Å². The monoisotopic (exact) mass is 483 g/mol. The Hall–Kier alpha value is -0.0800. The maximum Gasteiger partial charge on any atom is 0.0770 e. The highest BCUT2D eigenvalue weighted by Crippen LogP contribution is 2.16. The third-order valence-corrected chi connectivity index (χ3v) is 7.60. The van der Waals surface area contributed by atoms with E-state index in [1.807, 2.05) is 0 Å². The molecule has 0 aromatic carbocycles. The van der Waals surface area contributed by atoms with Crippen molar-refractivity contribution in [3.63, 3.8) is 0 Å². The number of aliphatic hydroxyl groups excluding tert-OH is 2. The first kappa shape index (κ1) is 33.9. The average molecular weight is 483 g/mol. The zero-order chi connectivity index (χ0) is 24.8. The summed E-state index contributed by atoms with van der Waals surface area (Å²) in [6.45, 7) is 2.22. The molecular weight excluding hydrogens is 416 g/mol. The van der Waals surface area contributed by atoms with Gasteiger partial charge in [0.1, 0.15) is 0 Å². The summed E-state index contributed by atoms with van der Waals surface area (Å²) in [5, 5.41) is 18.1. The molecule has 0 aromatic heterocycles. The van der Waals surface area contributed by atoms with Gasteiger partial charge in [0, 0.05) is 0 Å². The van der Waals surface area contributed by atoms with Crippen LogP contribution in [0.15, 0.2) is 0 Å². The van der Waals surface area contributed by atoms with Crippen LogP contribution in [0, 0.1) is 0 Å². The Morgan fingerprint density at radius 3 is 0.765 bits per heavy atom. The Morgan fingerprint density at radius 1 is 0.353 bits per heavy atom. The highest BCUT2D eigenvalue weighted by Gasteiger charge is 2.01. The number of hydrogen-bond acceptors (Lipinski definition) is 2. The van der Waals surface area contributed by atoms with Gasteiger partial charge in [-0.1, -0.05) is 187 Å². The summed E-state index contributed by atoms with van der Waals surface area (Å²) >= 11 is 0. The van der Waals surface area contributed by atoms with Crippen molar-refractivity contribution in [1.29, 1.82) is 0 Å². The molecule has 0 radical (unpaired) electrons. The Labute approximate surface area is 216 Å². The minimum absolute atomic E-state index is 0.0838. The van der Waals surface area contributed by atoms with Crippen molar-refractivity contribution in [2.45, 2.75) is 199 Å². The average Bonchev–Trinajstić information content (AvgIpc) is 2.85. The third-order valence-electron chi connectivity index (χ3n) is 7.60. The normalized spacial score (nSPS) is 12.4. The quantitative estimate of drug-likeness (QED) is 0.0999. The summed E-state index contributed by atoms with van der Waals surface area (Å²) in [5.41, 5.74) is 0. The van der Waals surface area contributed by atoms with Gasteiger partial charge in [-0.2, -0.15) is 0 Å². The summed E-state index contributed by atoms with van der Waals surface area (Å²) in [7, 11) is 0. The molecule has 0 heterocycles. The summed E-state index contributed by atoms with van der Waals surface area (Å²) < 4.78 is 0. The minimum Gasteiger partial charge on any atom is -0.394 e. The number of unbranched alkanes of at least 4 members (excludes halogenated alkanes) is 27. The smallest absolute Gasteiger partial charge is 0.0770 e. The lowest BCUT2D eigenvalue weighted by atomic mass is 10.0. The van der Waals surface area contributed by atoms with E-state index in [0.717, 1.165) is 12.8 Å². The van der Waals surface area contributed by atoms with Crippen LogP contribution in [0.25, 0.3) is 0 Å². The SMILES string of the molecule is CCCCCCCCCCCCCCCCCCCCCCCCCCCCCCC(O)CO. The second kappa shape index (κ2) is 31.0. The lowest BCUT2D eigenvalue weighted by Gasteiger charge is -2.06. The molecule has 0 aliphatic heterocycles. The molecule has 0 aliphatic rings. The molecule has 0 rings (SSSR count). The fourth-order valence-electron chi connectivity index (χ4n) is 5.14. The van der Waals surface area contributed by atoms with Gasteiger partial charge in [-0.25, -0.2) is 0 Å². The Morgan fingerprint density at radius 2 is 0.559 bits per heavy atom. The molecule has 2 heteroatoms. The maximum absolute atomic E-state index is 9.30. The molecule has 0 amide bonds. The molecule has 1 unspecified atom stereocenters. The van der Waals surface area contributed by atoms with Crippen LogP contribution in [0.1, 0.15) is 193 Å². The molecule has 0 spiro atoms. The van der Waals surface area contributed by atoms with Crippen molar-refractivity contribution in [2.24, 2.45) is 0 Å². The van der Waals surface area contributed by atoms with Gasteiger partial charge in [0.15, 0.2) is 0 Å². The molecule has 0 fully saturated rings. The summed E-state index contributed by atoms with van der Waals surface area (Å²) in [4.78, 5) is 0. The zero-order valence-corrected chi connectivity index (χ0v) is 23.7. The molecule has 1 atom stereocenters. The molecule has 2 N–H and O–H groups in total. The first-order valence-electron chi connectivity index (χ1n) is 16.1. The second-order valence-corrected chi connectivity index (χ2v) is 11.2. The summed E-state index contributed by atoms with van der Waals surface area (Å²) in [6, 6.07) is 0. The van der Waals surface area contributed by atoms with Crippen molar-refractivity contribution >= 4 is 0 Å². The van der Waals surface area contributed by atoms with Crippen LogP contribution >= 0.6 is 0 Å². The molecule has 0 aromatic rings. The largest absolute Gasteiger partial charge is 0.394 e. The van der Waals surface area contributed by atoms with Crippen molar-refractivity contribution in [3.8, 4) is 0 Å². The lowest BCUT2D eigenvalue weighted by Crippen LogP contribution is -2.10. The van der Waals surface area contributed by atoms with Gasteiger partial charge in [-0.05, 0) is 6.42 Å². The highest BCUT2D eigenvalue weighted by molar-refractivity contribution is 4.54. The van der Waals surface area contributed by atoms with Gasteiger partial charge in [0.25, 0.3) is 0 Å². The standard InChI is InChI=1S/C32H66O2/c1-2-3-4-5-6-7-8-9-10-11-12-13-14-15-16-17-18-19-20-21-22-23-24-25-26-27-28-29-30-32(34)31-33/h32-34H,2-31H2,1H3. The van der Waals surface area contributed by atoms with Crippen LogP contribution in [0.4, 0.5) is 0 Å². The van der Waals surface area contributed by atoms with Crippen LogP contribution in [0.2, 0.25) is 0 Å². The predicted molar refractivity (Wildman–Crippen MR) is 153 cm³/mol. The number of aliphatic hydroxyl groups is 2. The summed E-state index contributed by atoms with van der Waals surface area (Å²) in [6.07, 6.45) is 40.0. The molecule has 206 valence electrons. The van der Waals surface area contributed by atoms with E-state index in [1.165, 1.54) is 173 Å². The van der Waals surface area contributed by atoms with E-state index in [1.54, 1.807) is 0 Å². The van der Waals surface area contributed by atoms with E-state index in [0.29, 0.717) is 0 Å². The summed E-state index contributed by atoms with van der Waals surface area (Å²) in [5.74, 6) is 0. The van der Waals surface area contributed by atoms with Gasteiger partial charge in [-0.15, -0.1) is 0 Å². The fourth-order valence-corrected chi connectivity index (χ4v) is 5.14. The van der Waals surface area contributed by atoms with Gasteiger partial charge in [0.05, 0.1) is 12.7 Å². The van der Waals surface area contributed by atoms with E-state index in [-0.39, 0.29) is 6.61 Å². The first-order valence-corrected chi connectivity index (χ1v) is 16.1. The molecule has 34 heavy (non-hydrogen) atoms. The van der Waals surface area contributed by atoms with Crippen LogP contribution < -0.4 is 0 Å². The van der Waals surface area contributed by atoms with Gasteiger partial charge in [-0.3, -0.25) is 0 Å². The molecule has 0 bridgehead atoms. The maximum atomic E-state index is 9.30. The van der Waals surface area contributed by atoms with Gasteiger partial charge in [0.2, 0.25) is 0 Å². The minimum atomic E-state index is -0.496. The zero-order valence-electron chi connectivity index (χ0n) is 23.7. The van der Waals surface area contributed by atoms with Crippen LogP contribution in [0.3, 0.4) is 0 Å². The van der Waals surface area contributed by atoms with Crippen LogP contribution in [0.5, 0.6) is 0 Å². The highest BCUT2D eigenvalue weighted by atomic mass is 16.3. The van der Waals surface area contributed by atoms with Crippen molar-refractivity contribution in [3.05, 3.63) is 0 Å². The van der Waals surface area contributed by atoms with E-state index < -0.39 is 6.10 Å². The van der Waals surface area contributed by atoms with E-state index in [9.17, 15) is 5.11 Å². The predicted octanol–water partition coefficient (Wildman–Crippen LogP) is 10.7. The molecule has 0 aliphatic carbocycles. The molecule has 2 nitrogen and oxygen atoms in total. The number of rotatable bonds is 30. The lowest BCUT2D eigenvalue weighted by molar-refractivity contribution is 0.0860. The third kappa shape index (κ3) is 30.0. The molecule has 0 saturated heterocycles. The molecular formula is C32H66O2. The first-order chi connectivity index (χ1) is 16.8. The van der Waals surface area contributed by atoms with E-state index in [4.69, 9.17) is 5.11 Å². The number of hydrogen-bond donors (Lipinski definition) is 2. The van der Waals surface area contributed by atoms with Crippen molar-refractivity contribution in [2.75, 3.05) is 6.61 Å². The second-order valence-electron chi connectivity index (χ2n) is 11.2. The Bertz CT molecular complexity index is 344. The van der Waals surface area contributed by atoms with Crippen molar-refractivity contribution < 1.29 is 10.2 Å². The van der Waals surface area contributed by atoms with E-state index in [2.05, 4.69) is 6.92 Å². The van der Waals surface area contributed by atoms with Crippen LogP contribution in [-0.4, -0.2) is 22.9 Å². The fraction of sp³-hybridized carbons (Fsp3) is 1.00. The topological polar surface area (TPSA) is 40.5 Å². The van der Waals surface area contributed by atoms with Gasteiger partial charge >= 0.3 is 0 Å². The van der Waals surface area contributed by atoms with Crippen LogP contribution in [-0.2, 0) is 0 Å².